The number of hydrogen-bond donors (Lipinski definition) is 0. The van der Waals surface area contributed by atoms with Crippen molar-refractivity contribution in [2.75, 3.05) is 21.3 Å². The van der Waals surface area contributed by atoms with Crippen LogP contribution in [-0.2, 0) is 22.4 Å². The van der Waals surface area contributed by atoms with Crippen LogP contribution in [0, 0.1) is 0 Å². The Kier molecular flexibility index (Phi) is 7.45. The van der Waals surface area contributed by atoms with Gasteiger partial charge in [0.2, 0.25) is 0 Å². The van der Waals surface area contributed by atoms with Crippen molar-refractivity contribution in [3.63, 3.8) is 0 Å². The molecule has 0 N–H and O–H groups in total. The quantitative estimate of drug-likeness (QED) is 0.449. The van der Waals surface area contributed by atoms with Gasteiger partial charge in [-0.3, -0.25) is 0 Å². The fraction of sp³-hybridized carbons (Fsp3) is 0.400. The molecule has 0 saturated carbocycles. The first-order chi connectivity index (χ1) is 11.7. The van der Waals surface area contributed by atoms with E-state index in [2.05, 4.69) is 0 Å². The van der Waals surface area contributed by atoms with Crippen LogP contribution in [0.1, 0.15) is 20.8 Å². The van der Waals surface area contributed by atoms with Gasteiger partial charge < -0.3 is 0 Å². The average molecular weight is 552 g/mol. The molecule has 10 heteroatoms. The number of carbonyl (C=O) groups excluding carboxylic acids is 3. The van der Waals surface area contributed by atoms with Gasteiger partial charge in [0.25, 0.3) is 0 Å². The fourth-order valence-corrected chi connectivity index (χ4v) is 10.7. The summed E-state index contributed by atoms with van der Waals surface area (Å²) in [5.41, 5.74) is 0. The molecule has 0 unspecified atom stereocenters. The van der Waals surface area contributed by atoms with E-state index in [1.807, 2.05) is 0 Å². The average Bonchev–Trinajstić information content (AvgIpc) is 2.51. The molecule has 0 bridgehead atoms. The van der Waals surface area contributed by atoms with E-state index in [1.54, 1.807) is 0 Å². The second-order valence-electron chi connectivity index (χ2n) is 4.75. The zero-order chi connectivity index (χ0) is 19.2. The van der Waals surface area contributed by atoms with Crippen molar-refractivity contribution in [1.29, 1.82) is 0 Å². The Bertz CT molecular complexity index is 605. The van der Waals surface area contributed by atoms with Gasteiger partial charge in [0.05, 0.1) is 0 Å². The maximum absolute atomic E-state index is 11.6. The van der Waals surface area contributed by atoms with Gasteiger partial charge in [0, 0.05) is 0 Å². The molecule has 0 amide bonds. The summed E-state index contributed by atoms with van der Waals surface area (Å²) < 4.78 is 31.7. The van der Waals surface area contributed by atoms with E-state index in [-0.39, 0.29) is 20.4 Å². The molecule has 0 heterocycles. The summed E-state index contributed by atoms with van der Waals surface area (Å²) in [7, 11) is 4.20. The van der Waals surface area contributed by atoms with E-state index in [0.29, 0.717) is 0 Å². The SMILES string of the molecule is COc1c[c]([Pb]([O]C(C)=O)([O]C(C)=O)[O]C(C)=O)cc(OC)c1OC. The summed E-state index contributed by atoms with van der Waals surface area (Å²) in [6.45, 7) is 3.37. The van der Waals surface area contributed by atoms with Crippen LogP contribution in [0.15, 0.2) is 12.1 Å². The van der Waals surface area contributed by atoms with Crippen LogP contribution in [0.4, 0.5) is 0 Å². The van der Waals surface area contributed by atoms with E-state index in [1.165, 1.54) is 33.5 Å². The second kappa shape index (κ2) is 8.87. The third-order valence-electron chi connectivity index (χ3n) is 2.85. The topological polar surface area (TPSA) is 107 Å². The van der Waals surface area contributed by atoms with Crippen molar-refractivity contribution in [3.8, 4) is 17.2 Å². The van der Waals surface area contributed by atoms with Crippen molar-refractivity contribution in [2.24, 2.45) is 0 Å². The van der Waals surface area contributed by atoms with Crippen LogP contribution in [0.2, 0.25) is 0 Å². The molecule has 0 radical (unpaired) electrons. The summed E-state index contributed by atoms with van der Waals surface area (Å²) >= 11 is -5.35. The third kappa shape index (κ3) is 5.21. The van der Waals surface area contributed by atoms with Gasteiger partial charge in [-0.05, 0) is 0 Å². The Hall–Kier alpha value is -2.05. The van der Waals surface area contributed by atoms with Crippen LogP contribution < -0.4 is 17.3 Å². The molecule has 0 aliphatic heterocycles. The molecule has 0 saturated heterocycles. The van der Waals surface area contributed by atoms with Crippen molar-refractivity contribution in [2.45, 2.75) is 20.8 Å². The van der Waals surface area contributed by atoms with Gasteiger partial charge in [0.15, 0.2) is 0 Å². The number of methoxy groups -OCH3 is 3. The molecule has 9 nitrogen and oxygen atoms in total. The minimum absolute atomic E-state index is 0.197. The zero-order valence-electron chi connectivity index (χ0n) is 14.8. The Balaban J connectivity index is 3.69. The van der Waals surface area contributed by atoms with Crippen molar-refractivity contribution in [3.05, 3.63) is 12.1 Å². The number of carbonyl (C=O) groups is 3. The van der Waals surface area contributed by atoms with E-state index in [4.69, 9.17) is 22.3 Å². The van der Waals surface area contributed by atoms with E-state index < -0.39 is 40.4 Å². The van der Waals surface area contributed by atoms with Gasteiger partial charge in [-0.1, -0.05) is 0 Å². The predicted octanol–water partition coefficient (Wildman–Crippen LogP) is 0.548. The second-order valence-corrected chi connectivity index (χ2v) is 13.7. The zero-order valence-corrected chi connectivity index (χ0v) is 18.7. The van der Waals surface area contributed by atoms with Gasteiger partial charge in [-0.15, -0.1) is 0 Å². The molecule has 0 aliphatic carbocycles. The Morgan fingerprint density at radius 1 is 0.720 bits per heavy atom. The van der Waals surface area contributed by atoms with E-state index >= 15 is 0 Å². The van der Waals surface area contributed by atoms with Crippen molar-refractivity contribution >= 4 is 43.6 Å². The van der Waals surface area contributed by atoms with E-state index in [9.17, 15) is 14.4 Å². The first-order valence-electron chi connectivity index (χ1n) is 7.08. The third-order valence-corrected chi connectivity index (χ3v) is 13.2. The molecule has 25 heavy (non-hydrogen) atoms. The molecular formula is C15H20O9Pb. The summed E-state index contributed by atoms with van der Waals surface area (Å²) in [6, 6.07) is 2.86. The Morgan fingerprint density at radius 3 is 1.32 bits per heavy atom. The minimum atomic E-state index is -5.35. The van der Waals surface area contributed by atoms with Crippen LogP contribution in [0.3, 0.4) is 0 Å². The maximum atomic E-state index is 11.6. The number of ether oxygens (including phenoxy) is 3. The first kappa shape index (κ1) is 21.0. The number of rotatable bonds is 7. The molecule has 1 rings (SSSR count). The number of hydrogen-bond acceptors (Lipinski definition) is 9. The molecule has 1 aromatic carbocycles. The fourth-order valence-electron chi connectivity index (χ4n) is 2.06. The van der Waals surface area contributed by atoms with Crippen LogP contribution in [-0.4, -0.2) is 61.8 Å². The van der Waals surface area contributed by atoms with E-state index in [0.717, 1.165) is 20.8 Å². The normalized spacial score (nSPS) is 10.5. The number of benzene rings is 1. The summed E-state index contributed by atoms with van der Waals surface area (Å²) in [4.78, 5) is 34.8. The Labute approximate surface area is 151 Å². The molecule has 0 aromatic heterocycles. The summed E-state index contributed by atoms with van der Waals surface area (Å²) in [6.07, 6.45) is 0. The molecule has 0 spiro atoms. The van der Waals surface area contributed by atoms with Crippen molar-refractivity contribution in [1.82, 2.24) is 0 Å². The molecule has 0 atom stereocenters. The predicted molar refractivity (Wildman–Crippen MR) is 86.8 cm³/mol. The Morgan fingerprint density at radius 2 is 1.08 bits per heavy atom. The molecule has 138 valence electrons. The molecular weight excluding hydrogens is 531 g/mol. The first-order valence-corrected chi connectivity index (χ1v) is 13.8. The van der Waals surface area contributed by atoms with Crippen LogP contribution in [0.25, 0.3) is 0 Å². The molecule has 0 fully saturated rings. The standard InChI is InChI=1S/C9H11O3.3C2H4O2.Pb/c1-10-7-5-4-6-8(11-2)9(7)12-3;3*1-2(3)4;/h5-6H,1-3H3;3*1H3,(H,3,4);/q;;;;+3/p-3. The van der Waals surface area contributed by atoms with Crippen LogP contribution in [0.5, 0.6) is 17.2 Å². The molecule has 1 aromatic rings. The van der Waals surface area contributed by atoms with Crippen molar-refractivity contribution < 1.29 is 36.7 Å². The van der Waals surface area contributed by atoms with Crippen LogP contribution >= 0.6 is 0 Å². The molecule has 0 aliphatic rings. The van der Waals surface area contributed by atoms with Gasteiger partial charge in [0.1, 0.15) is 0 Å². The monoisotopic (exact) mass is 552 g/mol. The van der Waals surface area contributed by atoms with Gasteiger partial charge in [-0.25, -0.2) is 0 Å². The van der Waals surface area contributed by atoms with Gasteiger partial charge in [-0.2, -0.15) is 0 Å². The summed E-state index contributed by atoms with van der Waals surface area (Å²) in [5.74, 6) is -1.52. The summed E-state index contributed by atoms with van der Waals surface area (Å²) in [5, 5.41) is 0. The van der Waals surface area contributed by atoms with Gasteiger partial charge >= 0.3 is 152 Å².